The molecular formula is C39H27N5. The maximum Gasteiger partial charge on any atom is 0.137 e. The maximum absolute atomic E-state index is 5.08. The zero-order chi connectivity index (χ0) is 29.3. The summed E-state index contributed by atoms with van der Waals surface area (Å²) in [6.07, 6.45) is 4.09. The third-order valence-electron chi connectivity index (χ3n) is 7.82. The molecule has 3 aromatic heterocycles. The predicted octanol–water partition coefficient (Wildman–Crippen LogP) is 9.75. The first kappa shape index (κ1) is 25.6. The lowest BCUT2D eigenvalue weighted by Crippen LogP contribution is -2.09. The lowest BCUT2D eigenvalue weighted by Gasteiger charge is -2.26. The largest absolute Gasteiger partial charge is 0.311 e. The number of imidazole rings is 1. The second kappa shape index (κ2) is 11.0. The summed E-state index contributed by atoms with van der Waals surface area (Å²) in [6, 6.07) is 52.0. The van der Waals surface area contributed by atoms with Crippen LogP contribution >= 0.6 is 0 Å². The van der Waals surface area contributed by atoms with E-state index in [1.165, 1.54) is 0 Å². The number of benzene rings is 5. The molecule has 0 atom stereocenters. The van der Waals surface area contributed by atoms with E-state index in [1.54, 1.807) is 0 Å². The van der Waals surface area contributed by atoms with Gasteiger partial charge in [0.05, 0.1) is 28.1 Å². The van der Waals surface area contributed by atoms with Crippen molar-refractivity contribution in [1.82, 2.24) is 19.4 Å². The molecule has 8 rings (SSSR count). The Hall–Kier alpha value is -6.07. The van der Waals surface area contributed by atoms with E-state index >= 15 is 0 Å². The van der Waals surface area contributed by atoms with Crippen LogP contribution in [0.3, 0.4) is 0 Å². The standard InChI is InChI=1S/C39H27N5/c1-3-11-29(12-4-1)38-39(42-35-16-8-7-15-34(35)41-38)30-20-24-33(25-21-30)44(31-13-5-2-6-14-31)32-22-18-28(19-23-32)36-27-43-26-10-9-17-37(43)40-36/h1-27H. The summed E-state index contributed by atoms with van der Waals surface area (Å²) in [6.45, 7) is 0. The van der Waals surface area contributed by atoms with Gasteiger partial charge in [0.25, 0.3) is 0 Å². The van der Waals surface area contributed by atoms with Crippen molar-refractivity contribution in [2.24, 2.45) is 0 Å². The van der Waals surface area contributed by atoms with Crippen LogP contribution in [-0.4, -0.2) is 19.4 Å². The highest BCUT2D eigenvalue weighted by Crippen LogP contribution is 2.37. The smallest absolute Gasteiger partial charge is 0.137 e. The number of anilines is 3. The quantitative estimate of drug-likeness (QED) is 0.201. The summed E-state index contributed by atoms with van der Waals surface area (Å²) in [5.41, 5.74) is 11.7. The van der Waals surface area contributed by atoms with Crippen LogP contribution in [0.2, 0.25) is 0 Å². The van der Waals surface area contributed by atoms with Crippen LogP contribution in [-0.2, 0) is 0 Å². The molecule has 0 saturated carbocycles. The summed E-state index contributed by atoms with van der Waals surface area (Å²) in [5.74, 6) is 0. The number of rotatable bonds is 6. The molecule has 5 heteroatoms. The molecule has 0 bridgehead atoms. The van der Waals surface area contributed by atoms with Gasteiger partial charge in [-0.15, -0.1) is 0 Å². The molecule has 0 N–H and O–H groups in total. The summed E-state index contributed by atoms with van der Waals surface area (Å²) in [5, 5.41) is 0. The van der Waals surface area contributed by atoms with Crippen molar-refractivity contribution in [1.29, 1.82) is 0 Å². The highest BCUT2D eigenvalue weighted by molar-refractivity contribution is 5.87. The number of para-hydroxylation sites is 3. The third-order valence-corrected chi connectivity index (χ3v) is 7.82. The number of hydrogen-bond donors (Lipinski definition) is 0. The summed E-state index contributed by atoms with van der Waals surface area (Å²) < 4.78 is 2.05. The first-order valence-corrected chi connectivity index (χ1v) is 14.6. The number of aromatic nitrogens is 4. The van der Waals surface area contributed by atoms with Gasteiger partial charge in [0.1, 0.15) is 5.65 Å². The van der Waals surface area contributed by atoms with Crippen LogP contribution < -0.4 is 4.90 Å². The first-order chi connectivity index (χ1) is 21.8. The normalized spacial score (nSPS) is 11.2. The van der Waals surface area contributed by atoms with E-state index in [4.69, 9.17) is 15.0 Å². The van der Waals surface area contributed by atoms with Crippen molar-refractivity contribution in [3.05, 3.63) is 164 Å². The van der Waals surface area contributed by atoms with E-state index in [1.807, 2.05) is 77.3 Å². The molecule has 0 aliphatic carbocycles. The topological polar surface area (TPSA) is 46.3 Å². The Labute approximate surface area is 255 Å². The first-order valence-electron chi connectivity index (χ1n) is 14.6. The van der Waals surface area contributed by atoms with E-state index in [-0.39, 0.29) is 0 Å². The fourth-order valence-electron chi connectivity index (χ4n) is 5.65. The Kier molecular flexibility index (Phi) is 6.39. The molecule has 0 amide bonds. The molecule has 0 radical (unpaired) electrons. The van der Waals surface area contributed by atoms with Crippen LogP contribution in [0.1, 0.15) is 0 Å². The van der Waals surface area contributed by atoms with Crippen LogP contribution in [0, 0.1) is 0 Å². The van der Waals surface area contributed by atoms with Crippen molar-refractivity contribution in [2.45, 2.75) is 0 Å². The van der Waals surface area contributed by atoms with Gasteiger partial charge in [-0.3, -0.25) is 0 Å². The molecule has 0 saturated heterocycles. The van der Waals surface area contributed by atoms with Gasteiger partial charge in [0.2, 0.25) is 0 Å². The second-order valence-corrected chi connectivity index (χ2v) is 10.6. The van der Waals surface area contributed by atoms with Crippen molar-refractivity contribution >= 4 is 33.7 Å². The Morgan fingerprint density at radius 3 is 1.52 bits per heavy atom. The van der Waals surface area contributed by atoms with Gasteiger partial charge in [0, 0.05) is 46.1 Å². The monoisotopic (exact) mass is 565 g/mol. The summed E-state index contributed by atoms with van der Waals surface area (Å²) in [7, 11) is 0. The highest BCUT2D eigenvalue weighted by Gasteiger charge is 2.16. The highest BCUT2D eigenvalue weighted by atomic mass is 15.1. The minimum atomic E-state index is 0.865. The average Bonchev–Trinajstić information content (AvgIpc) is 3.54. The molecule has 0 unspecified atom stereocenters. The molecule has 0 spiro atoms. The van der Waals surface area contributed by atoms with Gasteiger partial charge in [-0.1, -0.05) is 91.0 Å². The zero-order valence-corrected chi connectivity index (χ0v) is 23.8. The molecule has 5 aromatic carbocycles. The van der Waals surface area contributed by atoms with E-state index in [0.717, 1.165) is 67.5 Å². The molecule has 208 valence electrons. The van der Waals surface area contributed by atoms with Crippen LogP contribution in [0.15, 0.2) is 164 Å². The maximum atomic E-state index is 5.08. The second-order valence-electron chi connectivity index (χ2n) is 10.6. The Morgan fingerprint density at radius 1 is 0.409 bits per heavy atom. The van der Waals surface area contributed by atoms with Gasteiger partial charge in [-0.05, 0) is 60.7 Å². The molecule has 0 fully saturated rings. The molecule has 8 aromatic rings. The fraction of sp³-hybridized carbons (Fsp3) is 0. The summed E-state index contributed by atoms with van der Waals surface area (Å²) in [4.78, 5) is 17.2. The fourth-order valence-corrected chi connectivity index (χ4v) is 5.65. The van der Waals surface area contributed by atoms with Gasteiger partial charge in [-0.2, -0.15) is 0 Å². The number of pyridine rings is 1. The third kappa shape index (κ3) is 4.76. The molecule has 44 heavy (non-hydrogen) atoms. The van der Waals surface area contributed by atoms with Crippen molar-refractivity contribution in [3.8, 4) is 33.8 Å². The number of fused-ring (bicyclic) bond motifs is 2. The number of hydrogen-bond acceptors (Lipinski definition) is 4. The zero-order valence-electron chi connectivity index (χ0n) is 23.8. The Balaban J connectivity index is 1.19. The predicted molar refractivity (Wildman–Crippen MR) is 179 cm³/mol. The lowest BCUT2D eigenvalue weighted by atomic mass is 10.0. The average molecular weight is 566 g/mol. The molecule has 5 nitrogen and oxygen atoms in total. The van der Waals surface area contributed by atoms with Crippen LogP contribution in [0.4, 0.5) is 17.1 Å². The van der Waals surface area contributed by atoms with Gasteiger partial charge in [0.15, 0.2) is 0 Å². The van der Waals surface area contributed by atoms with E-state index in [2.05, 4.69) is 96.0 Å². The number of nitrogens with zero attached hydrogens (tertiary/aromatic N) is 5. The van der Waals surface area contributed by atoms with Gasteiger partial charge >= 0.3 is 0 Å². The molecule has 0 aliphatic rings. The van der Waals surface area contributed by atoms with Crippen LogP contribution in [0.25, 0.3) is 50.5 Å². The minimum absolute atomic E-state index is 0.865. The van der Waals surface area contributed by atoms with E-state index in [9.17, 15) is 0 Å². The minimum Gasteiger partial charge on any atom is -0.311 e. The van der Waals surface area contributed by atoms with Gasteiger partial charge < -0.3 is 9.30 Å². The van der Waals surface area contributed by atoms with E-state index in [0.29, 0.717) is 0 Å². The van der Waals surface area contributed by atoms with E-state index < -0.39 is 0 Å². The van der Waals surface area contributed by atoms with Crippen molar-refractivity contribution < 1.29 is 0 Å². The van der Waals surface area contributed by atoms with Crippen molar-refractivity contribution in [3.63, 3.8) is 0 Å². The Bertz CT molecular complexity index is 2170. The Morgan fingerprint density at radius 2 is 0.909 bits per heavy atom. The molecule has 0 aliphatic heterocycles. The molecular weight excluding hydrogens is 538 g/mol. The molecule has 3 heterocycles. The van der Waals surface area contributed by atoms with Crippen LogP contribution in [0.5, 0.6) is 0 Å². The summed E-state index contributed by atoms with van der Waals surface area (Å²) >= 11 is 0. The lowest BCUT2D eigenvalue weighted by molar-refractivity contribution is 1.19. The SMILES string of the molecule is c1ccc(-c2nc3ccccc3nc2-c2ccc(N(c3ccccc3)c3ccc(-c4cn5ccccc5n4)cc3)cc2)cc1. The van der Waals surface area contributed by atoms with Gasteiger partial charge in [-0.25, -0.2) is 15.0 Å². The van der Waals surface area contributed by atoms with Crippen molar-refractivity contribution in [2.75, 3.05) is 4.90 Å².